The highest BCUT2D eigenvalue weighted by molar-refractivity contribution is 7.18. The van der Waals surface area contributed by atoms with E-state index in [9.17, 15) is 4.79 Å². The predicted molar refractivity (Wildman–Crippen MR) is 115 cm³/mol. The van der Waals surface area contributed by atoms with Crippen LogP contribution < -0.4 is 15.6 Å². The summed E-state index contributed by atoms with van der Waals surface area (Å²) in [6.45, 7) is 5.97. The lowest BCUT2D eigenvalue weighted by Crippen LogP contribution is -2.36. The van der Waals surface area contributed by atoms with Gasteiger partial charge in [-0.25, -0.2) is 4.98 Å². The molecule has 1 aromatic carbocycles. The molecule has 3 aromatic rings. The van der Waals surface area contributed by atoms with Gasteiger partial charge in [0.05, 0.1) is 25.4 Å². The fourth-order valence-corrected chi connectivity index (χ4v) is 5.17. The smallest absolute Gasteiger partial charge is 0.262 e. The average Bonchev–Trinajstić information content (AvgIpc) is 3.07. The van der Waals surface area contributed by atoms with Gasteiger partial charge in [-0.2, -0.15) is 0 Å². The third-order valence-electron chi connectivity index (χ3n) is 5.38. The summed E-state index contributed by atoms with van der Waals surface area (Å²) in [6.07, 6.45) is 4.69. The Morgan fingerprint density at radius 2 is 2.18 bits per heavy atom. The maximum atomic E-state index is 13.2. The molecule has 6 heteroatoms. The number of nitrogens with one attached hydrogen (secondary N) is 1. The molecule has 1 aliphatic carbocycles. The molecule has 0 unspecified atom stereocenters. The van der Waals surface area contributed by atoms with Crippen LogP contribution in [0.5, 0.6) is 5.75 Å². The number of aryl methyl sites for hydroxylation is 1. The molecular formula is C22H27N3O2S. The topological polar surface area (TPSA) is 56.2 Å². The molecule has 0 bridgehead atoms. The highest BCUT2D eigenvalue weighted by atomic mass is 32.1. The summed E-state index contributed by atoms with van der Waals surface area (Å²) in [7, 11) is 1.65. The number of rotatable bonds is 6. The lowest BCUT2D eigenvalue weighted by molar-refractivity contribution is 0.408. The maximum absolute atomic E-state index is 13.2. The molecule has 4 rings (SSSR count). The molecule has 0 spiro atoms. The molecular weight excluding hydrogens is 370 g/mol. The number of nitrogens with zero attached hydrogens (tertiary/aromatic N) is 2. The molecule has 148 valence electrons. The molecule has 5 nitrogen and oxygen atoms in total. The molecule has 0 saturated heterocycles. The van der Waals surface area contributed by atoms with Crippen molar-refractivity contribution in [2.75, 3.05) is 13.7 Å². The number of methoxy groups -OCH3 is 1. The van der Waals surface area contributed by atoms with E-state index in [1.807, 2.05) is 24.3 Å². The fraction of sp³-hybridized carbons (Fsp3) is 0.455. The summed E-state index contributed by atoms with van der Waals surface area (Å²) < 4.78 is 7.14. The Labute approximate surface area is 169 Å². The molecule has 2 heterocycles. The van der Waals surface area contributed by atoms with Crippen LogP contribution in [0.2, 0.25) is 0 Å². The Kier molecular flexibility index (Phi) is 5.51. The van der Waals surface area contributed by atoms with Crippen LogP contribution in [-0.4, -0.2) is 29.2 Å². The van der Waals surface area contributed by atoms with Crippen LogP contribution in [0.4, 0.5) is 0 Å². The van der Waals surface area contributed by atoms with Crippen molar-refractivity contribution in [2.45, 2.75) is 45.7 Å². The normalized spacial score (nSPS) is 16.5. The first kappa shape index (κ1) is 19.2. The summed E-state index contributed by atoms with van der Waals surface area (Å²) in [5.41, 5.74) is 2.26. The van der Waals surface area contributed by atoms with E-state index in [4.69, 9.17) is 4.74 Å². The van der Waals surface area contributed by atoms with Crippen LogP contribution >= 0.6 is 11.3 Å². The van der Waals surface area contributed by atoms with Gasteiger partial charge < -0.3 is 10.1 Å². The number of para-hydroxylation sites is 1. The van der Waals surface area contributed by atoms with E-state index in [0.29, 0.717) is 18.5 Å². The molecule has 1 N–H and O–H groups in total. The van der Waals surface area contributed by atoms with Crippen LogP contribution in [0, 0.1) is 5.92 Å². The fourth-order valence-electron chi connectivity index (χ4n) is 3.91. The zero-order valence-electron chi connectivity index (χ0n) is 16.7. The second-order valence-electron chi connectivity index (χ2n) is 7.92. The van der Waals surface area contributed by atoms with Crippen molar-refractivity contribution < 1.29 is 4.74 Å². The zero-order chi connectivity index (χ0) is 19.7. The van der Waals surface area contributed by atoms with Crippen LogP contribution in [0.1, 0.15) is 36.3 Å². The minimum Gasteiger partial charge on any atom is -0.496 e. The van der Waals surface area contributed by atoms with E-state index in [1.54, 1.807) is 29.3 Å². The van der Waals surface area contributed by atoms with Gasteiger partial charge in [-0.05, 0) is 43.4 Å². The van der Waals surface area contributed by atoms with Crippen molar-refractivity contribution in [1.29, 1.82) is 0 Å². The molecule has 0 aliphatic heterocycles. The Morgan fingerprint density at radius 3 is 2.96 bits per heavy atom. The second-order valence-corrected chi connectivity index (χ2v) is 9.00. The first-order chi connectivity index (χ1) is 13.6. The third-order valence-corrected chi connectivity index (χ3v) is 6.55. The Bertz CT molecular complexity index is 1040. The van der Waals surface area contributed by atoms with Gasteiger partial charge in [0.15, 0.2) is 0 Å². The molecule has 1 aliphatic rings. The van der Waals surface area contributed by atoms with Crippen LogP contribution in [0.15, 0.2) is 35.4 Å². The Balaban J connectivity index is 1.65. The van der Waals surface area contributed by atoms with Crippen LogP contribution in [0.25, 0.3) is 10.2 Å². The van der Waals surface area contributed by atoms with Crippen LogP contribution in [-0.2, 0) is 19.4 Å². The second kappa shape index (κ2) is 8.05. The van der Waals surface area contributed by atoms with Crippen molar-refractivity contribution in [3.63, 3.8) is 0 Å². The number of benzene rings is 1. The van der Waals surface area contributed by atoms with E-state index in [1.165, 1.54) is 10.4 Å². The third kappa shape index (κ3) is 3.71. The molecule has 0 saturated carbocycles. The van der Waals surface area contributed by atoms with Crippen LogP contribution in [0.3, 0.4) is 0 Å². The summed E-state index contributed by atoms with van der Waals surface area (Å²) in [6, 6.07) is 8.31. The van der Waals surface area contributed by atoms with Gasteiger partial charge in [-0.3, -0.25) is 9.36 Å². The molecule has 28 heavy (non-hydrogen) atoms. The summed E-state index contributed by atoms with van der Waals surface area (Å²) in [5, 5.41) is 4.49. The standard InChI is InChI=1S/C22H27N3O2S/c1-14(2)11-23-16-8-9-17-19(10-16)28-21-20(17)22(26)25(13-24-21)12-15-6-4-5-7-18(15)27-3/h4-7,13-14,16,23H,8-12H2,1-3H3/t16-/m0/s1. The van der Waals surface area contributed by atoms with Gasteiger partial charge in [0.25, 0.3) is 5.56 Å². The van der Waals surface area contributed by atoms with Crippen molar-refractivity contribution in [2.24, 2.45) is 5.92 Å². The van der Waals surface area contributed by atoms with E-state index in [0.717, 1.165) is 47.3 Å². The van der Waals surface area contributed by atoms with E-state index >= 15 is 0 Å². The van der Waals surface area contributed by atoms with Gasteiger partial charge in [0.1, 0.15) is 10.6 Å². The monoisotopic (exact) mass is 397 g/mol. The van der Waals surface area contributed by atoms with Gasteiger partial charge in [0.2, 0.25) is 0 Å². The predicted octanol–water partition coefficient (Wildman–Crippen LogP) is 3.62. The number of hydrogen-bond acceptors (Lipinski definition) is 5. The number of thiophene rings is 1. The number of aromatic nitrogens is 2. The highest BCUT2D eigenvalue weighted by Crippen LogP contribution is 2.33. The summed E-state index contributed by atoms with van der Waals surface area (Å²) >= 11 is 1.69. The summed E-state index contributed by atoms with van der Waals surface area (Å²) in [4.78, 5) is 20.0. The van der Waals surface area contributed by atoms with Crippen molar-refractivity contribution >= 4 is 21.6 Å². The molecule has 1 atom stereocenters. The van der Waals surface area contributed by atoms with E-state index < -0.39 is 0 Å². The highest BCUT2D eigenvalue weighted by Gasteiger charge is 2.25. The first-order valence-electron chi connectivity index (χ1n) is 9.91. The van der Waals surface area contributed by atoms with Gasteiger partial charge in [-0.1, -0.05) is 32.0 Å². The molecule has 0 radical (unpaired) electrons. The lowest BCUT2D eigenvalue weighted by atomic mass is 9.93. The summed E-state index contributed by atoms with van der Waals surface area (Å²) in [5.74, 6) is 1.44. The molecule has 2 aromatic heterocycles. The number of hydrogen-bond donors (Lipinski definition) is 1. The van der Waals surface area contributed by atoms with Gasteiger partial charge in [0, 0.05) is 16.5 Å². The maximum Gasteiger partial charge on any atom is 0.262 e. The largest absolute Gasteiger partial charge is 0.496 e. The number of ether oxygens (including phenoxy) is 1. The van der Waals surface area contributed by atoms with Crippen molar-refractivity contribution in [3.05, 3.63) is 57.0 Å². The van der Waals surface area contributed by atoms with E-state index in [-0.39, 0.29) is 5.56 Å². The SMILES string of the molecule is COc1ccccc1Cn1cnc2sc3c(c2c1=O)CC[C@H](NCC(C)C)C3. The Hall–Kier alpha value is -2.18. The lowest BCUT2D eigenvalue weighted by Gasteiger charge is -2.24. The minimum atomic E-state index is 0.0574. The first-order valence-corrected chi connectivity index (χ1v) is 10.7. The van der Waals surface area contributed by atoms with E-state index in [2.05, 4.69) is 24.1 Å². The average molecular weight is 398 g/mol. The molecule has 0 fully saturated rings. The van der Waals surface area contributed by atoms with Crippen molar-refractivity contribution in [3.8, 4) is 5.75 Å². The number of fused-ring (bicyclic) bond motifs is 3. The minimum absolute atomic E-state index is 0.0574. The Morgan fingerprint density at radius 1 is 1.36 bits per heavy atom. The van der Waals surface area contributed by atoms with Gasteiger partial charge in [-0.15, -0.1) is 11.3 Å². The molecule has 0 amide bonds. The van der Waals surface area contributed by atoms with Crippen molar-refractivity contribution in [1.82, 2.24) is 14.9 Å². The van der Waals surface area contributed by atoms with Gasteiger partial charge >= 0.3 is 0 Å². The zero-order valence-corrected chi connectivity index (χ0v) is 17.5. The quantitative estimate of drug-likeness (QED) is 0.690.